The van der Waals surface area contributed by atoms with Crippen molar-refractivity contribution in [2.45, 2.75) is 71.1 Å². The summed E-state index contributed by atoms with van der Waals surface area (Å²) in [5, 5.41) is 9.66. The molecule has 0 heterocycles. The van der Waals surface area contributed by atoms with Gasteiger partial charge >= 0.3 is 0 Å². The summed E-state index contributed by atoms with van der Waals surface area (Å²) in [6.07, 6.45) is 11.9. The highest BCUT2D eigenvalue weighted by Crippen LogP contribution is 2.33. The molecule has 0 spiro atoms. The minimum atomic E-state index is 0.139. The van der Waals surface area contributed by atoms with Crippen molar-refractivity contribution >= 4 is 37.6 Å². The summed E-state index contributed by atoms with van der Waals surface area (Å²) in [5.74, 6) is 0.281. The summed E-state index contributed by atoms with van der Waals surface area (Å²) >= 11 is 6.52. The lowest BCUT2D eigenvalue weighted by Crippen LogP contribution is -1.99. The van der Waals surface area contributed by atoms with Crippen LogP contribution in [-0.4, -0.2) is 10.9 Å². The van der Waals surface area contributed by atoms with Gasteiger partial charge in [0.25, 0.3) is 0 Å². The molecule has 0 saturated carbocycles. The molecule has 0 aliphatic carbocycles. The molecule has 0 fully saturated rings. The molecule has 0 radical (unpaired) electrons. The Morgan fingerprint density at radius 2 is 1.36 bits per heavy atom. The zero-order chi connectivity index (χ0) is 16.4. The van der Waals surface area contributed by atoms with E-state index in [0.717, 1.165) is 12.8 Å². The van der Waals surface area contributed by atoms with Crippen LogP contribution < -0.4 is 0 Å². The zero-order valence-electron chi connectivity index (χ0n) is 13.3. The van der Waals surface area contributed by atoms with Gasteiger partial charge in [-0.3, -0.25) is 4.79 Å². The Morgan fingerprint density at radius 3 is 1.86 bits per heavy atom. The van der Waals surface area contributed by atoms with Gasteiger partial charge in [-0.15, -0.1) is 0 Å². The lowest BCUT2D eigenvalue weighted by atomic mass is 10.0. The maximum absolute atomic E-state index is 12.1. The van der Waals surface area contributed by atoms with Gasteiger partial charge in [0.1, 0.15) is 5.75 Å². The van der Waals surface area contributed by atoms with E-state index in [1.54, 1.807) is 12.1 Å². The Morgan fingerprint density at radius 1 is 0.909 bits per heavy atom. The molecule has 124 valence electrons. The molecule has 0 unspecified atom stereocenters. The van der Waals surface area contributed by atoms with Crippen molar-refractivity contribution in [2.24, 2.45) is 0 Å². The second kappa shape index (κ2) is 11.2. The zero-order valence-corrected chi connectivity index (χ0v) is 16.5. The van der Waals surface area contributed by atoms with Gasteiger partial charge in [0.05, 0.1) is 8.95 Å². The van der Waals surface area contributed by atoms with Gasteiger partial charge in [-0.25, -0.2) is 0 Å². The molecule has 0 saturated heterocycles. The van der Waals surface area contributed by atoms with Crippen LogP contribution in [0.15, 0.2) is 21.1 Å². The quantitative estimate of drug-likeness (QED) is 0.300. The number of carbonyl (C=O) groups excluding carboxylic acids is 1. The molecule has 1 rings (SSSR count). The molecule has 2 nitrogen and oxygen atoms in total. The lowest BCUT2D eigenvalue weighted by molar-refractivity contribution is 0.0979. The van der Waals surface area contributed by atoms with Crippen LogP contribution in [0.25, 0.3) is 0 Å². The first kappa shape index (κ1) is 19.7. The predicted octanol–water partition coefficient (Wildman–Crippen LogP) is 7.02. The van der Waals surface area contributed by atoms with E-state index < -0.39 is 0 Å². The number of Topliss-reactive ketones (excluding diaryl/α,β-unsaturated/α-hetero) is 1. The van der Waals surface area contributed by atoms with Crippen LogP contribution in [0.2, 0.25) is 0 Å². The number of carbonyl (C=O) groups is 1. The predicted molar refractivity (Wildman–Crippen MR) is 99.7 cm³/mol. The number of unbranched alkanes of at least 4 members (excludes halogenated alkanes) is 8. The maximum atomic E-state index is 12.1. The number of rotatable bonds is 11. The van der Waals surface area contributed by atoms with Crippen molar-refractivity contribution in [3.05, 3.63) is 26.6 Å². The second-order valence-corrected chi connectivity index (χ2v) is 7.50. The Balaban J connectivity index is 2.19. The SMILES string of the molecule is CCCCCCCCCCCC(=O)c1cc(Br)c(O)c(Br)c1. The van der Waals surface area contributed by atoms with Gasteiger partial charge in [0.15, 0.2) is 5.78 Å². The average molecular weight is 434 g/mol. The minimum absolute atomic E-state index is 0.139. The van der Waals surface area contributed by atoms with Crippen molar-refractivity contribution in [2.75, 3.05) is 0 Å². The second-order valence-electron chi connectivity index (χ2n) is 5.79. The molecule has 0 atom stereocenters. The van der Waals surface area contributed by atoms with Crippen molar-refractivity contribution in [1.29, 1.82) is 0 Å². The summed E-state index contributed by atoms with van der Waals surface area (Å²) in [5.41, 5.74) is 0.649. The molecule has 22 heavy (non-hydrogen) atoms. The molecule has 0 aliphatic heterocycles. The summed E-state index contributed by atoms with van der Waals surface area (Å²) in [4.78, 5) is 12.1. The third kappa shape index (κ3) is 7.28. The van der Waals surface area contributed by atoms with Crippen molar-refractivity contribution in [1.82, 2.24) is 0 Å². The molecular formula is C18H26Br2O2. The van der Waals surface area contributed by atoms with E-state index >= 15 is 0 Å². The Bertz CT molecular complexity index is 449. The van der Waals surface area contributed by atoms with Crippen LogP contribution >= 0.6 is 31.9 Å². The van der Waals surface area contributed by atoms with Crippen LogP contribution in [0, 0.1) is 0 Å². The number of hydrogen-bond donors (Lipinski definition) is 1. The summed E-state index contributed by atoms with van der Waals surface area (Å²) < 4.78 is 1.11. The third-order valence-electron chi connectivity index (χ3n) is 3.85. The molecule has 4 heteroatoms. The first-order valence-electron chi connectivity index (χ1n) is 8.27. The highest BCUT2D eigenvalue weighted by Gasteiger charge is 2.11. The Labute approximate surface area is 151 Å². The van der Waals surface area contributed by atoms with Crippen LogP contribution in [0.1, 0.15) is 81.5 Å². The van der Waals surface area contributed by atoms with Crippen molar-refractivity contribution in [3.8, 4) is 5.75 Å². The molecule has 0 bridgehead atoms. The van der Waals surface area contributed by atoms with Gasteiger partial charge in [0.2, 0.25) is 0 Å². The first-order chi connectivity index (χ1) is 10.6. The van der Waals surface area contributed by atoms with Crippen molar-refractivity contribution < 1.29 is 9.90 Å². The number of benzene rings is 1. The molecule has 1 aromatic rings. The average Bonchev–Trinajstić information content (AvgIpc) is 2.50. The Hall–Kier alpha value is -0.350. The molecular weight excluding hydrogens is 408 g/mol. The summed E-state index contributed by atoms with van der Waals surface area (Å²) in [7, 11) is 0. The standard InChI is InChI=1S/C18H26Br2O2/c1-2-3-4-5-6-7-8-9-10-11-17(21)14-12-15(19)18(22)16(20)13-14/h12-13,22H,2-11H2,1H3. The number of phenols is 1. The number of hydrogen-bond acceptors (Lipinski definition) is 2. The maximum Gasteiger partial charge on any atom is 0.162 e. The van der Waals surface area contributed by atoms with Crippen LogP contribution in [0.5, 0.6) is 5.75 Å². The lowest BCUT2D eigenvalue weighted by Gasteiger charge is -2.06. The van der Waals surface area contributed by atoms with Gasteiger partial charge in [-0.2, -0.15) is 0 Å². The van der Waals surface area contributed by atoms with Gasteiger partial charge in [-0.05, 0) is 50.4 Å². The topological polar surface area (TPSA) is 37.3 Å². The number of halogens is 2. The molecule has 0 aliphatic rings. The number of ketones is 1. The van der Waals surface area contributed by atoms with Crippen LogP contribution in [0.3, 0.4) is 0 Å². The molecule has 1 N–H and O–H groups in total. The van der Waals surface area contributed by atoms with E-state index in [1.807, 2.05) is 0 Å². The number of phenolic OH excluding ortho intramolecular Hbond substituents is 1. The normalized spacial score (nSPS) is 10.9. The van der Waals surface area contributed by atoms with E-state index in [9.17, 15) is 9.90 Å². The Kier molecular flexibility index (Phi) is 10.1. The van der Waals surface area contributed by atoms with E-state index in [2.05, 4.69) is 38.8 Å². The molecule has 0 aromatic heterocycles. The highest BCUT2D eigenvalue weighted by atomic mass is 79.9. The largest absolute Gasteiger partial charge is 0.506 e. The molecule has 1 aromatic carbocycles. The first-order valence-corrected chi connectivity index (χ1v) is 9.86. The number of aromatic hydroxyl groups is 1. The van der Waals surface area contributed by atoms with Crippen LogP contribution in [-0.2, 0) is 0 Å². The van der Waals surface area contributed by atoms with Crippen LogP contribution in [0.4, 0.5) is 0 Å². The van der Waals surface area contributed by atoms with E-state index in [0.29, 0.717) is 20.9 Å². The van der Waals surface area contributed by atoms with E-state index in [-0.39, 0.29) is 11.5 Å². The smallest absolute Gasteiger partial charge is 0.162 e. The fraction of sp³-hybridized carbons (Fsp3) is 0.611. The fourth-order valence-electron chi connectivity index (χ4n) is 2.47. The minimum Gasteiger partial charge on any atom is -0.506 e. The van der Waals surface area contributed by atoms with Gasteiger partial charge in [-0.1, -0.05) is 58.3 Å². The molecule has 0 amide bonds. The fourth-order valence-corrected chi connectivity index (χ4v) is 3.65. The van der Waals surface area contributed by atoms with E-state index in [4.69, 9.17) is 0 Å². The monoisotopic (exact) mass is 432 g/mol. The van der Waals surface area contributed by atoms with Gasteiger partial charge < -0.3 is 5.11 Å². The van der Waals surface area contributed by atoms with Gasteiger partial charge in [0, 0.05) is 12.0 Å². The van der Waals surface area contributed by atoms with E-state index in [1.165, 1.54) is 44.9 Å². The highest BCUT2D eigenvalue weighted by molar-refractivity contribution is 9.11. The third-order valence-corrected chi connectivity index (χ3v) is 5.06. The summed E-state index contributed by atoms with van der Waals surface area (Å²) in [6, 6.07) is 3.38. The summed E-state index contributed by atoms with van der Waals surface area (Å²) in [6.45, 7) is 2.24. The van der Waals surface area contributed by atoms with Crippen molar-refractivity contribution in [3.63, 3.8) is 0 Å².